The number of para-hydroxylation sites is 3. The van der Waals surface area contributed by atoms with Gasteiger partial charge in [-0.15, -0.1) is 0 Å². The second-order valence-electron chi connectivity index (χ2n) is 14.0. The van der Waals surface area contributed by atoms with Crippen molar-refractivity contribution < 1.29 is 19.1 Å². The highest BCUT2D eigenvalue weighted by molar-refractivity contribution is 6.03. The minimum absolute atomic E-state index is 0.167. The number of anilines is 6. The Hall–Kier alpha value is -7.02. The van der Waals surface area contributed by atoms with Crippen LogP contribution >= 0.6 is 0 Å². The fourth-order valence-corrected chi connectivity index (χ4v) is 5.67. The van der Waals surface area contributed by atoms with E-state index in [1.807, 2.05) is 55.5 Å². The van der Waals surface area contributed by atoms with Gasteiger partial charge in [0.05, 0.1) is 11.4 Å². The van der Waals surface area contributed by atoms with E-state index in [1.54, 1.807) is 51.1 Å². The van der Waals surface area contributed by atoms with Gasteiger partial charge < -0.3 is 31.7 Å². The quantitative estimate of drug-likeness (QED) is 0.0729. The van der Waals surface area contributed by atoms with Gasteiger partial charge in [-0.3, -0.25) is 14.9 Å². The predicted octanol–water partition coefficient (Wildman–Crippen LogP) is 7.76. The molecule has 0 unspecified atom stereocenters. The zero-order valence-electron chi connectivity index (χ0n) is 31.9. The fourth-order valence-electron chi connectivity index (χ4n) is 5.67. The number of carbonyl (C=O) groups excluding carboxylic acids is 3. The van der Waals surface area contributed by atoms with Crippen LogP contribution in [-0.2, 0) is 33.7 Å². The number of nitrogen functional groups attached to an aromatic ring is 1. The Morgan fingerprint density at radius 1 is 0.768 bits per heavy atom. The van der Waals surface area contributed by atoms with Crippen molar-refractivity contribution in [2.75, 3.05) is 32.3 Å². The van der Waals surface area contributed by atoms with Crippen molar-refractivity contribution in [3.05, 3.63) is 144 Å². The lowest BCUT2D eigenvalue weighted by molar-refractivity contribution is -0.112. The number of nitrogens with one attached hydrogen (secondary N) is 5. The average Bonchev–Trinajstić information content (AvgIpc) is 3.57. The van der Waals surface area contributed by atoms with Crippen molar-refractivity contribution in [1.82, 2.24) is 15.0 Å². The number of fused-ring (bicyclic) bond motifs is 1. The second kappa shape index (κ2) is 18.8. The summed E-state index contributed by atoms with van der Waals surface area (Å²) < 4.78 is 5.15. The van der Waals surface area contributed by atoms with Gasteiger partial charge in [0, 0.05) is 24.4 Å². The number of nitrogens with two attached hydrogens (primary N) is 1. The Morgan fingerprint density at radius 3 is 1.96 bits per heavy atom. The molecule has 1 aliphatic carbocycles. The number of carbonyl (C=O) groups is 3. The summed E-state index contributed by atoms with van der Waals surface area (Å²) in [5, 5.41) is 14.7. The van der Waals surface area contributed by atoms with Crippen molar-refractivity contribution in [1.29, 1.82) is 0 Å². The lowest BCUT2D eigenvalue weighted by Gasteiger charge is -2.20. The smallest absolute Gasteiger partial charge is 0.412 e. The number of nitrogens with zero attached hydrogens (tertiary/aromatic N) is 3. The van der Waals surface area contributed by atoms with Gasteiger partial charge in [-0.2, -0.15) is 15.0 Å². The molecule has 4 aromatic carbocycles. The first kappa shape index (κ1) is 40.2. The van der Waals surface area contributed by atoms with Crippen molar-refractivity contribution >= 4 is 58.9 Å². The van der Waals surface area contributed by atoms with E-state index in [0.717, 1.165) is 41.3 Å². The molecule has 288 valence electrons. The highest BCUT2D eigenvalue weighted by atomic mass is 16.6. The van der Waals surface area contributed by atoms with Gasteiger partial charge in [0.25, 0.3) is 0 Å². The molecule has 56 heavy (non-hydrogen) atoms. The summed E-state index contributed by atoms with van der Waals surface area (Å²) in [6.07, 6.45) is 5.76. The minimum atomic E-state index is -0.580. The summed E-state index contributed by atoms with van der Waals surface area (Å²) in [6, 6.07) is 31.1. The summed E-state index contributed by atoms with van der Waals surface area (Å²) in [6.45, 7) is 11.2. The molecule has 0 fully saturated rings. The molecule has 3 amide bonds. The van der Waals surface area contributed by atoms with E-state index < -0.39 is 11.7 Å². The molecule has 0 saturated carbocycles. The summed E-state index contributed by atoms with van der Waals surface area (Å²) >= 11 is 0. The van der Waals surface area contributed by atoms with Crippen molar-refractivity contribution in [3.8, 4) is 0 Å². The summed E-state index contributed by atoms with van der Waals surface area (Å²) in [7, 11) is 0. The van der Waals surface area contributed by atoms with Crippen LogP contribution in [0, 0.1) is 6.92 Å². The molecule has 13 nitrogen and oxygen atoms in total. The minimum Gasteiger partial charge on any atom is -0.444 e. The molecule has 0 bridgehead atoms. The Kier molecular flexibility index (Phi) is 13.5. The van der Waals surface area contributed by atoms with Gasteiger partial charge in [-0.1, -0.05) is 85.4 Å². The number of aryl methyl sites for hydroxylation is 1. The molecule has 0 radical (unpaired) electrons. The van der Waals surface area contributed by atoms with Crippen LogP contribution in [-0.4, -0.2) is 44.5 Å². The number of hydrogen-bond donors (Lipinski definition) is 6. The molecular weight excluding hydrogens is 707 g/mol. The topological polar surface area (TPSA) is 185 Å². The van der Waals surface area contributed by atoms with Crippen LogP contribution in [0.3, 0.4) is 0 Å². The largest absolute Gasteiger partial charge is 0.444 e. The van der Waals surface area contributed by atoms with Gasteiger partial charge in [-0.05, 0) is 98.7 Å². The third-order valence-electron chi connectivity index (χ3n) is 8.30. The molecular formula is C43H47N9O4. The number of aromatic nitrogens is 3. The zero-order chi connectivity index (χ0) is 40.1. The number of benzene rings is 4. The number of hydrogen-bond acceptors (Lipinski definition) is 10. The standard InChI is InChI=1S/C29H29N7O.C14H18N2O3/c1-19-6-2-5-9-25(19)33-26(37)15-14-20-10-12-21(13-11-20)18-31-28-34-27(30)35-29(36-28)32-24-16-22-7-3-4-8-23(22)17-24;1-5-12(17)15-10-8-6-7-9-11(10)16-13(18)19-14(2,3)4/h2-15,24H,16-18H2,1H3,(H,33,37)(H4,30,31,32,34,35,36);5-9H,1H2,2-4H3,(H,15,17)(H,16,18)/b15-14+;. The first-order valence-electron chi connectivity index (χ1n) is 18.1. The third-order valence-corrected chi connectivity index (χ3v) is 8.30. The Balaban J connectivity index is 0.000000267. The van der Waals surface area contributed by atoms with Crippen LogP contribution in [0.2, 0.25) is 0 Å². The van der Waals surface area contributed by atoms with Crippen molar-refractivity contribution in [2.45, 2.75) is 58.7 Å². The zero-order valence-corrected chi connectivity index (χ0v) is 31.9. The maximum atomic E-state index is 12.2. The monoisotopic (exact) mass is 753 g/mol. The van der Waals surface area contributed by atoms with Crippen LogP contribution in [0.1, 0.15) is 48.6 Å². The summed E-state index contributed by atoms with van der Waals surface area (Å²) in [5.41, 5.74) is 12.8. The lowest BCUT2D eigenvalue weighted by atomic mass is 10.1. The molecule has 0 aliphatic heterocycles. The molecule has 5 aromatic rings. The fraction of sp³-hybridized carbons (Fsp3) is 0.209. The number of rotatable bonds is 11. The van der Waals surface area contributed by atoms with Crippen LogP contribution in [0.4, 0.5) is 39.7 Å². The molecule has 13 heteroatoms. The highest BCUT2D eigenvalue weighted by Crippen LogP contribution is 2.25. The molecule has 6 rings (SSSR count). The van der Waals surface area contributed by atoms with E-state index >= 15 is 0 Å². The SMILES string of the molecule is C=CC(=O)Nc1ccccc1NC(=O)OC(C)(C)C.Cc1ccccc1NC(=O)/C=C/c1ccc(CNc2nc(N)nc(NC3Cc4ccccc4C3)n2)cc1. The number of amides is 3. The average molecular weight is 754 g/mol. The van der Waals surface area contributed by atoms with E-state index in [2.05, 4.69) is 72.4 Å². The molecule has 0 spiro atoms. The van der Waals surface area contributed by atoms with E-state index in [-0.39, 0.29) is 23.8 Å². The normalized spacial score (nSPS) is 12.1. The van der Waals surface area contributed by atoms with Crippen LogP contribution < -0.4 is 32.3 Å². The van der Waals surface area contributed by atoms with E-state index in [0.29, 0.717) is 29.8 Å². The summed E-state index contributed by atoms with van der Waals surface area (Å²) in [4.78, 5) is 48.2. The maximum absolute atomic E-state index is 12.2. The molecule has 0 atom stereocenters. The first-order valence-corrected chi connectivity index (χ1v) is 18.1. The van der Waals surface area contributed by atoms with Gasteiger partial charge in [-0.25, -0.2) is 4.79 Å². The van der Waals surface area contributed by atoms with E-state index in [1.165, 1.54) is 17.2 Å². The van der Waals surface area contributed by atoms with Gasteiger partial charge >= 0.3 is 6.09 Å². The number of ether oxygens (including phenoxy) is 1. The molecule has 0 saturated heterocycles. The second-order valence-corrected chi connectivity index (χ2v) is 14.0. The molecule has 1 aromatic heterocycles. The predicted molar refractivity (Wildman–Crippen MR) is 223 cm³/mol. The Bertz CT molecular complexity index is 2170. The highest BCUT2D eigenvalue weighted by Gasteiger charge is 2.22. The van der Waals surface area contributed by atoms with Crippen molar-refractivity contribution in [3.63, 3.8) is 0 Å². The third kappa shape index (κ3) is 12.5. The van der Waals surface area contributed by atoms with Crippen LogP contribution in [0.25, 0.3) is 6.08 Å². The van der Waals surface area contributed by atoms with E-state index in [4.69, 9.17) is 10.5 Å². The van der Waals surface area contributed by atoms with Gasteiger partial charge in [0.1, 0.15) is 5.60 Å². The van der Waals surface area contributed by atoms with Crippen LogP contribution in [0.5, 0.6) is 0 Å². The van der Waals surface area contributed by atoms with Gasteiger partial charge in [0.15, 0.2) is 0 Å². The Labute approximate surface area is 326 Å². The Morgan fingerprint density at radius 2 is 1.34 bits per heavy atom. The first-order chi connectivity index (χ1) is 26.8. The summed E-state index contributed by atoms with van der Waals surface area (Å²) in [5.74, 6) is 0.538. The van der Waals surface area contributed by atoms with Gasteiger partial charge in [0.2, 0.25) is 29.7 Å². The molecule has 1 aliphatic rings. The van der Waals surface area contributed by atoms with E-state index in [9.17, 15) is 14.4 Å². The maximum Gasteiger partial charge on any atom is 0.412 e. The molecule has 7 N–H and O–H groups in total. The van der Waals surface area contributed by atoms with Crippen molar-refractivity contribution in [2.24, 2.45) is 0 Å². The van der Waals surface area contributed by atoms with Crippen LogP contribution in [0.15, 0.2) is 116 Å². The lowest BCUT2D eigenvalue weighted by Crippen LogP contribution is -2.27. The molecule has 1 heterocycles.